The van der Waals surface area contributed by atoms with Gasteiger partial charge in [-0.2, -0.15) is 0 Å². The molecule has 0 aromatic heterocycles. The largest absolute Gasteiger partial charge is 0.340 e. The lowest BCUT2D eigenvalue weighted by Gasteiger charge is -2.24. The van der Waals surface area contributed by atoms with E-state index < -0.39 is 0 Å². The highest BCUT2D eigenvalue weighted by Crippen LogP contribution is 2.07. The van der Waals surface area contributed by atoms with E-state index in [1.807, 2.05) is 61.7 Å². The van der Waals surface area contributed by atoms with Gasteiger partial charge in [0.05, 0.1) is 6.54 Å². The molecule has 2 aromatic rings. The normalized spacial score (nSPS) is 10.5. The number of rotatable bonds is 8. The topological polar surface area (TPSA) is 23.6 Å². The van der Waals surface area contributed by atoms with Crippen molar-refractivity contribution in [3.8, 4) is 0 Å². The first kappa shape index (κ1) is 17.0. The number of carbonyl (C=O) groups is 1. The van der Waals surface area contributed by atoms with Gasteiger partial charge in [-0.3, -0.25) is 9.69 Å². The number of carbonyl (C=O) groups excluding carboxylic acids is 1. The van der Waals surface area contributed by atoms with Crippen LogP contribution in [0.5, 0.6) is 0 Å². The van der Waals surface area contributed by atoms with Crippen molar-refractivity contribution in [2.75, 3.05) is 20.1 Å². The molecule has 0 saturated heterocycles. The summed E-state index contributed by atoms with van der Waals surface area (Å²) < 4.78 is 0. The van der Waals surface area contributed by atoms with Gasteiger partial charge < -0.3 is 4.90 Å². The molecule has 0 aliphatic rings. The molecule has 1 amide bonds. The first-order chi connectivity index (χ1) is 11.2. The third-order valence-corrected chi connectivity index (χ3v) is 3.68. The van der Waals surface area contributed by atoms with Gasteiger partial charge in [-0.1, -0.05) is 66.7 Å². The van der Waals surface area contributed by atoms with E-state index in [1.54, 1.807) is 4.90 Å². The summed E-state index contributed by atoms with van der Waals surface area (Å²) in [5.74, 6) is 0.117. The quantitative estimate of drug-likeness (QED) is 0.698. The summed E-state index contributed by atoms with van der Waals surface area (Å²) in [5, 5.41) is 0. The highest BCUT2D eigenvalue weighted by Gasteiger charge is 2.14. The zero-order valence-electron chi connectivity index (χ0n) is 13.7. The summed E-state index contributed by atoms with van der Waals surface area (Å²) in [6.45, 7) is 6.26. The van der Waals surface area contributed by atoms with Crippen LogP contribution in [0.2, 0.25) is 0 Å². The van der Waals surface area contributed by atoms with Crippen molar-refractivity contribution in [2.45, 2.75) is 13.1 Å². The van der Waals surface area contributed by atoms with Crippen LogP contribution >= 0.6 is 0 Å². The predicted octanol–water partition coefficient (Wildman–Crippen LogP) is 3.33. The second kappa shape index (κ2) is 8.91. The molecule has 0 saturated carbocycles. The Bertz CT molecular complexity index is 610. The van der Waals surface area contributed by atoms with Crippen LogP contribution in [-0.4, -0.2) is 35.8 Å². The lowest BCUT2D eigenvalue weighted by molar-refractivity contribution is -0.131. The minimum Gasteiger partial charge on any atom is -0.340 e. The van der Waals surface area contributed by atoms with Gasteiger partial charge >= 0.3 is 0 Å². The Kier molecular flexibility index (Phi) is 6.57. The van der Waals surface area contributed by atoms with Crippen LogP contribution in [0, 0.1) is 0 Å². The molecule has 0 bridgehead atoms. The molecule has 23 heavy (non-hydrogen) atoms. The summed E-state index contributed by atoms with van der Waals surface area (Å²) in [5.41, 5.74) is 2.34. The van der Waals surface area contributed by atoms with Gasteiger partial charge in [-0.15, -0.1) is 6.58 Å². The Hall–Kier alpha value is -2.39. The van der Waals surface area contributed by atoms with E-state index in [9.17, 15) is 4.79 Å². The van der Waals surface area contributed by atoms with Gasteiger partial charge in [-0.05, 0) is 11.1 Å². The Morgan fingerprint density at radius 1 is 0.957 bits per heavy atom. The van der Waals surface area contributed by atoms with Gasteiger partial charge in [0.15, 0.2) is 0 Å². The fraction of sp³-hybridized carbons (Fsp3) is 0.250. The molecule has 0 aliphatic carbocycles. The number of hydrogen-bond donors (Lipinski definition) is 0. The molecular formula is C20H24N2O. The maximum Gasteiger partial charge on any atom is 0.236 e. The Balaban J connectivity index is 1.93. The Morgan fingerprint density at radius 2 is 1.48 bits per heavy atom. The van der Waals surface area contributed by atoms with Crippen LogP contribution in [0.1, 0.15) is 11.1 Å². The summed E-state index contributed by atoms with van der Waals surface area (Å²) >= 11 is 0. The van der Waals surface area contributed by atoms with E-state index in [4.69, 9.17) is 0 Å². The molecular weight excluding hydrogens is 284 g/mol. The second-order valence-electron chi connectivity index (χ2n) is 5.68. The Labute approximate surface area is 138 Å². The molecule has 0 atom stereocenters. The minimum atomic E-state index is 0.117. The average molecular weight is 308 g/mol. The number of hydrogen-bond acceptors (Lipinski definition) is 2. The van der Waals surface area contributed by atoms with Crippen molar-refractivity contribution >= 4 is 5.91 Å². The predicted molar refractivity (Wildman–Crippen MR) is 94.8 cm³/mol. The van der Waals surface area contributed by atoms with Crippen LogP contribution in [0.15, 0.2) is 73.3 Å². The zero-order chi connectivity index (χ0) is 16.5. The van der Waals surface area contributed by atoms with E-state index in [1.165, 1.54) is 5.56 Å². The monoisotopic (exact) mass is 308 g/mol. The maximum absolute atomic E-state index is 12.5. The number of benzene rings is 2. The van der Waals surface area contributed by atoms with Crippen molar-refractivity contribution in [2.24, 2.45) is 0 Å². The van der Waals surface area contributed by atoms with E-state index in [0.29, 0.717) is 19.6 Å². The third-order valence-electron chi connectivity index (χ3n) is 3.68. The maximum atomic E-state index is 12.5. The van der Waals surface area contributed by atoms with Crippen LogP contribution in [0.4, 0.5) is 0 Å². The summed E-state index contributed by atoms with van der Waals surface area (Å²) in [7, 11) is 1.85. The highest BCUT2D eigenvalue weighted by atomic mass is 16.2. The average Bonchev–Trinajstić information content (AvgIpc) is 2.57. The van der Waals surface area contributed by atoms with Crippen molar-refractivity contribution < 1.29 is 4.79 Å². The SMILES string of the molecule is C=CCN(CC(=O)N(C)Cc1ccccc1)Cc1ccccc1. The number of likely N-dealkylation sites (N-methyl/N-ethyl adjacent to an activating group) is 1. The van der Waals surface area contributed by atoms with Gasteiger partial charge in [0.1, 0.15) is 0 Å². The van der Waals surface area contributed by atoms with Crippen LogP contribution in [0.25, 0.3) is 0 Å². The summed E-state index contributed by atoms with van der Waals surface area (Å²) in [6.07, 6.45) is 1.84. The molecule has 0 radical (unpaired) electrons. The summed E-state index contributed by atoms with van der Waals surface area (Å²) in [4.78, 5) is 16.4. The lowest BCUT2D eigenvalue weighted by Crippen LogP contribution is -2.37. The highest BCUT2D eigenvalue weighted by molar-refractivity contribution is 5.78. The van der Waals surface area contributed by atoms with Gasteiger partial charge in [0, 0.05) is 26.7 Å². The molecule has 0 unspecified atom stereocenters. The van der Waals surface area contributed by atoms with Gasteiger partial charge in [-0.25, -0.2) is 0 Å². The van der Waals surface area contributed by atoms with Gasteiger partial charge in [0.25, 0.3) is 0 Å². The molecule has 0 heterocycles. The van der Waals surface area contributed by atoms with Crippen LogP contribution in [0.3, 0.4) is 0 Å². The standard InChI is InChI=1S/C20H24N2O/c1-3-14-22(16-19-12-8-5-9-13-19)17-20(23)21(2)15-18-10-6-4-7-11-18/h3-13H,1,14-17H2,2H3. The van der Waals surface area contributed by atoms with Crippen molar-refractivity contribution in [1.29, 1.82) is 0 Å². The third kappa shape index (κ3) is 5.72. The zero-order valence-corrected chi connectivity index (χ0v) is 13.7. The first-order valence-corrected chi connectivity index (χ1v) is 7.84. The molecule has 0 N–H and O–H groups in total. The molecule has 0 spiro atoms. The second-order valence-corrected chi connectivity index (χ2v) is 5.68. The Morgan fingerprint density at radius 3 is 2.00 bits per heavy atom. The van der Waals surface area contributed by atoms with E-state index in [0.717, 1.165) is 12.1 Å². The van der Waals surface area contributed by atoms with E-state index in [-0.39, 0.29) is 5.91 Å². The van der Waals surface area contributed by atoms with Crippen molar-refractivity contribution in [1.82, 2.24) is 9.80 Å². The van der Waals surface area contributed by atoms with E-state index in [2.05, 4.69) is 23.6 Å². The first-order valence-electron chi connectivity index (χ1n) is 7.84. The fourth-order valence-electron chi connectivity index (χ4n) is 2.47. The molecule has 3 heteroatoms. The minimum absolute atomic E-state index is 0.117. The van der Waals surface area contributed by atoms with Crippen LogP contribution < -0.4 is 0 Å². The van der Waals surface area contributed by atoms with Crippen molar-refractivity contribution in [3.63, 3.8) is 0 Å². The number of nitrogens with zero attached hydrogens (tertiary/aromatic N) is 2. The van der Waals surface area contributed by atoms with Gasteiger partial charge in [0.2, 0.25) is 5.91 Å². The molecule has 0 aliphatic heterocycles. The molecule has 3 nitrogen and oxygen atoms in total. The molecule has 120 valence electrons. The van der Waals surface area contributed by atoms with E-state index >= 15 is 0 Å². The number of amides is 1. The molecule has 2 aromatic carbocycles. The molecule has 0 fully saturated rings. The molecule has 2 rings (SSSR count). The lowest BCUT2D eigenvalue weighted by atomic mass is 10.2. The van der Waals surface area contributed by atoms with Crippen LogP contribution in [-0.2, 0) is 17.9 Å². The summed E-state index contributed by atoms with van der Waals surface area (Å²) in [6, 6.07) is 20.2. The smallest absolute Gasteiger partial charge is 0.236 e. The van der Waals surface area contributed by atoms with Crippen molar-refractivity contribution in [3.05, 3.63) is 84.4 Å². The fourth-order valence-corrected chi connectivity index (χ4v) is 2.47.